The highest BCUT2D eigenvalue weighted by atomic mass is 14.9. The maximum atomic E-state index is 3.32. The molecule has 0 aromatic heterocycles. The van der Waals surface area contributed by atoms with E-state index in [0.29, 0.717) is 5.41 Å². The molecule has 1 spiro atoms. The van der Waals surface area contributed by atoms with E-state index in [9.17, 15) is 0 Å². The summed E-state index contributed by atoms with van der Waals surface area (Å²) in [5.41, 5.74) is 1.95. The first-order valence-corrected chi connectivity index (χ1v) is 4.22. The molecule has 1 nitrogen and oxygen atoms in total. The lowest BCUT2D eigenvalue weighted by Crippen LogP contribution is -2.22. The molecule has 0 bridgehead atoms. The maximum absolute atomic E-state index is 3.32. The summed E-state index contributed by atoms with van der Waals surface area (Å²) in [5, 5.41) is 3.32. The molecule has 0 amide bonds. The van der Waals surface area contributed by atoms with Gasteiger partial charge in [-0.3, -0.25) is 0 Å². The van der Waals surface area contributed by atoms with Gasteiger partial charge < -0.3 is 5.32 Å². The number of hydrogen-bond acceptors (Lipinski definition) is 1. The van der Waals surface area contributed by atoms with Crippen LogP contribution in [0.5, 0.6) is 0 Å². The van der Waals surface area contributed by atoms with Gasteiger partial charge in [0.05, 0.1) is 0 Å². The van der Waals surface area contributed by atoms with Crippen molar-refractivity contribution in [3.05, 3.63) is 36.1 Å². The summed E-state index contributed by atoms with van der Waals surface area (Å²) in [6, 6.07) is 0. The molecule has 1 N–H and O–H groups in total. The van der Waals surface area contributed by atoms with Gasteiger partial charge in [0.25, 0.3) is 0 Å². The molecule has 0 aromatic carbocycles. The summed E-state index contributed by atoms with van der Waals surface area (Å²) < 4.78 is 0. The van der Waals surface area contributed by atoms with Gasteiger partial charge in [-0.25, -0.2) is 0 Å². The van der Waals surface area contributed by atoms with E-state index in [1.807, 2.05) is 0 Å². The van der Waals surface area contributed by atoms with E-state index >= 15 is 0 Å². The van der Waals surface area contributed by atoms with Crippen molar-refractivity contribution >= 4 is 0 Å². The second kappa shape index (κ2) is 1.60. The van der Waals surface area contributed by atoms with E-state index in [2.05, 4.69) is 35.8 Å². The molecule has 3 rings (SSSR count). The van der Waals surface area contributed by atoms with E-state index in [0.717, 1.165) is 5.92 Å². The van der Waals surface area contributed by atoms with E-state index in [4.69, 9.17) is 0 Å². The standard InChI is InChI=1S/C10H11N/c1-2-4-10-5-9(10)7-11-6-8(10)3-1/h1-4,6,9,11H,5,7H2. The van der Waals surface area contributed by atoms with Crippen LogP contribution in [0.2, 0.25) is 0 Å². The van der Waals surface area contributed by atoms with Crippen LogP contribution >= 0.6 is 0 Å². The summed E-state index contributed by atoms with van der Waals surface area (Å²) in [6.45, 7) is 1.17. The summed E-state index contributed by atoms with van der Waals surface area (Å²) in [7, 11) is 0. The number of hydrogen-bond donors (Lipinski definition) is 1. The van der Waals surface area contributed by atoms with Crippen LogP contribution in [0, 0.1) is 11.3 Å². The molecular weight excluding hydrogens is 134 g/mol. The van der Waals surface area contributed by atoms with Crippen molar-refractivity contribution in [2.24, 2.45) is 11.3 Å². The van der Waals surface area contributed by atoms with E-state index < -0.39 is 0 Å². The van der Waals surface area contributed by atoms with Crippen molar-refractivity contribution in [2.45, 2.75) is 6.42 Å². The normalized spacial score (nSPS) is 43.6. The second-order valence-electron chi connectivity index (χ2n) is 3.67. The molecule has 0 radical (unpaired) electrons. The van der Waals surface area contributed by atoms with Crippen LogP contribution in [-0.4, -0.2) is 6.54 Å². The number of rotatable bonds is 0. The van der Waals surface area contributed by atoms with Gasteiger partial charge in [0.1, 0.15) is 0 Å². The highest BCUT2D eigenvalue weighted by Crippen LogP contribution is 2.61. The average molecular weight is 145 g/mol. The molecule has 11 heavy (non-hydrogen) atoms. The Hall–Kier alpha value is -0.980. The van der Waals surface area contributed by atoms with E-state index in [-0.39, 0.29) is 0 Å². The predicted molar refractivity (Wildman–Crippen MR) is 44.9 cm³/mol. The first-order chi connectivity index (χ1) is 5.42. The largest absolute Gasteiger partial charge is 0.390 e. The zero-order valence-electron chi connectivity index (χ0n) is 6.38. The Kier molecular flexibility index (Phi) is 0.823. The molecule has 1 heteroatoms. The summed E-state index contributed by atoms with van der Waals surface area (Å²) in [4.78, 5) is 0. The van der Waals surface area contributed by atoms with Gasteiger partial charge >= 0.3 is 0 Å². The average Bonchev–Trinajstić information content (AvgIpc) is 2.75. The fourth-order valence-corrected chi connectivity index (χ4v) is 2.29. The molecule has 2 unspecified atom stereocenters. The smallest absolute Gasteiger partial charge is 0.0198 e. The van der Waals surface area contributed by atoms with Gasteiger partial charge in [0.15, 0.2) is 0 Å². The molecule has 0 aromatic rings. The van der Waals surface area contributed by atoms with Crippen LogP contribution in [0.4, 0.5) is 0 Å². The third kappa shape index (κ3) is 0.566. The molecule has 2 atom stereocenters. The van der Waals surface area contributed by atoms with Crippen molar-refractivity contribution in [3.63, 3.8) is 0 Å². The summed E-state index contributed by atoms with van der Waals surface area (Å²) in [6.07, 6.45) is 12.4. The second-order valence-corrected chi connectivity index (χ2v) is 3.67. The highest BCUT2D eigenvalue weighted by molar-refractivity contribution is 5.46. The van der Waals surface area contributed by atoms with Crippen molar-refractivity contribution in [2.75, 3.05) is 6.54 Å². The first kappa shape index (κ1) is 5.64. The van der Waals surface area contributed by atoms with Crippen molar-refractivity contribution in [1.29, 1.82) is 0 Å². The van der Waals surface area contributed by atoms with Crippen molar-refractivity contribution < 1.29 is 0 Å². The molecule has 1 aliphatic heterocycles. The molecule has 3 aliphatic rings. The molecule has 2 aliphatic carbocycles. The van der Waals surface area contributed by atoms with Crippen LogP contribution in [0.3, 0.4) is 0 Å². The summed E-state index contributed by atoms with van der Waals surface area (Å²) in [5.74, 6) is 0.878. The van der Waals surface area contributed by atoms with Gasteiger partial charge in [-0.15, -0.1) is 0 Å². The fraction of sp³-hybridized carbons (Fsp3) is 0.400. The van der Waals surface area contributed by atoms with Crippen LogP contribution in [0.1, 0.15) is 6.42 Å². The van der Waals surface area contributed by atoms with Crippen LogP contribution in [0.15, 0.2) is 36.1 Å². The highest BCUT2D eigenvalue weighted by Gasteiger charge is 2.55. The number of allylic oxidation sites excluding steroid dienone is 5. The lowest BCUT2D eigenvalue weighted by Gasteiger charge is -2.21. The molecule has 0 saturated heterocycles. The van der Waals surface area contributed by atoms with Gasteiger partial charge in [0.2, 0.25) is 0 Å². The summed E-state index contributed by atoms with van der Waals surface area (Å²) >= 11 is 0. The minimum absolute atomic E-state index is 0.472. The lowest BCUT2D eigenvalue weighted by atomic mass is 9.88. The third-order valence-corrected chi connectivity index (χ3v) is 3.09. The van der Waals surface area contributed by atoms with Gasteiger partial charge in [-0.05, 0) is 17.9 Å². The third-order valence-electron chi connectivity index (χ3n) is 3.09. The maximum Gasteiger partial charge on any atom is 0.0198 e. The van der Waals surface area contributed by atoms with Crippen LogP contribution in [0.25, 0.3) is 0 Å². The van der Waals surface area contributed by atoms with Gasteiger partial charge in [-0.1, -0.05) is 24.3 Å². The van der Waals surface area contributed by atoms with Crippen molar-refractivity contribution in [3.8, 4) is 0 Å². The Balaban J connectivity index is 2.12. The number of nitrogens with one attached hydrogen (secondary N) is 1. The lowest BCUT2D eigenvalue weighted by molar-refractivity contribution is 0.593. The SMILES string of the molecule is C1=CC2=CNCC3CC23C=C1. The molecule has 56 valence electrons. The Morgan fingerprint density at radius 1 is 1.45 bits per heavy atom. The zero-order chi connectivity index (χ0) is 7.31. The van der Waals surface area contributed by atoms with Crippen molar-refractivity contribution in [1.82, 2.24) is 5.32 Å². The Morgan fingerprint density at radius 3 is 3.36 bits per heavy atom. The zero-order valence-corrected chi connectivity index (χ0v) is 6.38. The van der Waals surface area contributed by atoms with E-state index in [1.165, 1.54) is 18.5 Å². The molecule has 1 fully saturated rings. The predicted octanol–water partition coefficient (Wildman–Crippen LogP) is 1.61. The molecule has 1 heterocycles. The van der Waals surface area contributed by atoms with Gasteiger partial charge in [-0.2, -0.15) is 0 Å². The quantitative estimate of drug-likeness (QED) is 0.546. The monoisotopic (exact) mass is 145 g/mol. The fourth-order valence-electron chi connectivity index (χ4n) is 2.29. The van der Waals surface area contributed by atoms with E-state index in [1.54, 1.807) is 0 Å². The molecular formula is C10H11N. The molecule has 1 saturated carbocycles. The van der Waals surface area contributed by atoms with Crippen LogP contribution < -0.4 is 5.32 Å². The van der Waals surface area contributed by atoms with Crippen LogP contribution in [-0.2, 0) is 0 Å². The minimum Gasteiger partial charge on any atom is -0.390 e. The first-order valence-electron chi connectivity index (χ1n) is 4.22. The topological polar surface area (TPSA) is 12.0 Å². The Bertz CT molecular complexity index is 285. The Labute approximate surface area is 66.5 Å². The van der Waals surface area contributed by atoms with Gasteiger partial charge in [0, 0.05) is 18.2 Å². The Morgan fingerprint density at radius 2 is 2.45 bits per heavy atom. The minimum atomic E-state index is 0.472.